The lowest BCUT2D eigenvalue weighted by atomic mass is 10.1. The van der Waals surface area contributed by atoms with Crippen LogP contribution in [0.4, 0.5) is 11.4 Å². The van der Waals surface area contributed by atoms with Crippen LogP contribution in [0.5, 0.6) is 0 Å². The van der Waals surface area contributed by atoms with Gasteiger partial charge in [0.2, 0.25) is 11.8 Å². The summed E-state index contributed by atoms with van der Waals surface area (Å²) >= 11 is 0. The number of hydrogen-bond donors (Lipinski definition) is 2. The van der Waals surface area contributed by atoms with Crippen molar-refractivity contribution in [2.24, 2.45) is 0 Å². The number of aryl methyl sites for hydroxylation is 3. The van der Waals surface area contributed by atoms with Crippen LogP contribution in [0.15, 0.2) is 36.4 Å². The molecule has 2 N–H and O–H groups in total. The Bertz CT molecular complexity index is 880. The molecule has 2 aromatic rings. The summed E-state index contributed by atoms with van der Waals surface area (Å²) in [6.45, 7) is 9.18. The lowest BCUT2D eigenvalue weighted by Crippen LogP contribution is -2.40. The third-order valence-electron chi connectivity index (χ3n) is 5.23. The van der Waals surface area contributed by atoms with Crippen LogP contribution in [0.2, 0.25) is 0 Å². The maximum atomic E-state index is 12.7. The van der Waals surface area contributed by atoms with Gasteiger partial charge in [0.15, 0.2) is 0 Å². The Hall–Kier alpha value is -2.70. The number of ether oxygens (including phenoxy) is 1. The van der Waals surface area contributed by atoms with E-state index < -0.39 is 0 Å². The van der Waals surface area contributed by atoms with Crippen LogP contribution in [-0.2, 0) is 20.7 Å². The minimum absolute atomic E-state index is 0.110. The van der Waals surface area contributed by atoms with Crippen molar-refractivity contribution in [3.63, 3.8) is 0 Å². The van der Waals surface area contributed by atoms with E-state index in [0.29, 0.717) is 13.2 Å². The summed E-state index contributed by atoms with van der Waals surface area (Å²) in [6, 6.07) is 11.8. The average molecular weight is 412 g/mol. The van der Waals surface area contributed by atoms with Gasteiger partial charge in [0, 0.05) is 25.0 Å². The van der Waals surface area contributed by atoms with Gasteiger partial charge in [-0.2, -0.15) is 0 Å². The molecule has 30 heavy (non-hydrogen) atoms. The molecule has 2 rings (SSSR count). The molecule has 0 saturated carbocycles. The first-order valence-electron chi connectivity index (χ1n) is 10.3. The molecule has 0 heterocycles. The third-order valence-corrected chi connectivity index (χ3v) is 5.23. The molecular weight excluding hydrogens is 378 g/mol. The number of hydrogen-bond acceptors (Lipinski definition) is 4. The Morgan fingerprint density at radius 2 is 1.57 bits per heavy atom. The van der Waals surface area contributed by atoms with Gasteiger partial charge in [-0.3, -0.25) is 14.5 Å². The molecule has 0 spiro atoms. The maximum absolute atomic E-state index is 12.7. The van der Waals surface area contributed by atoms with E-state index in [1.165, 1.54) is 0 Å². The van der Waals surface area contributed by atoms with Gasteiger partial charge < -0.3 is 15.4 Å². The van der Waals surface area contributed by atoms with Crippen molar-refractivity contribution in [3.05, 3.63) is 58.7 Å². The van der Waals surface area contributed by atoms with Gasteiger partial charge >= 0.3 is 0 Å². The first-order valence-corrected chi connectivity index (χ1v) is 10.3. The van der Waals surface area contributed by atoms with E-state index in [1.54, 1.807) is 12.0 Å². The van der Waals surface area contributed by atoms with Gasteiger partial charge in [0.25, 0.3) is 0 Å². The number of para-hydroxylation sites is 1. The first kappa shape index (κ1) is 23.6. The summed E-state index contributed by atoms with van der Waals surface area (Å²) in [5, 5.41) is 5.98. The summed E-state index contributed by atoms with van der Waals surface area (Å²) in [5.74, 6) is -0.299. The van der Waals surface area contributed by atoms with Crippen LogP contribution in [-0.4, -0.2) is 50.1 Å². The molecule has 0 bridgehead atoms. The fourth-order valence-electron chi connectivity index (χ4n) is 3.30. The monoisotopic (exact) mass is 411 g/mol. The van der Waals surface area contributed by atoms with Crippen molar-refractivity contribution >= 4 is 23.2 Å². The van der Waals surface area contributed by atoms with Crippen molar-refractivity contribution in [1.82, 2.24) is 4.90 Å². The van der Waals surface area contributed by atoms with Crippen LogP contribution >= 0.6 is 0 Å². The lowest BCUT2D eigenvalue weighted by molar-refractivity contribution is -0.120. The average Bonchev–Trinajstić information content (AvgIpc) is 2.71. The van der Waals surface area contributed by atoms with Crippen molar-refractivity contribution in [3.8, 4) is 0 Å². The predicted molar refractivity (Wildman–Crippen MR) is 122 cm³/mol. The van der Waals surface area contributed by atoms with Gasteiger partial charge in [0.1, 0.15) is 0 Å². The highest BCUT2D eigenvalue weighted by Crippen LogP contribution is 2.21. The highest BCUT2D eigenvalue weighted by atomic mass is 16.5. The third kappa shape index (κ3) is 6.68. The number of carbonyl (C=O) groups is 2. The number of rotatable bonds is 10. The van der Waals surface area contributed by atoms with Gasteiger partial charge in [0.05, 0.1) is 19.7 Å². The Kier molecular flexibility index (Phi) is 9.02. The van der Waals surface area contributed by atoms with Crippen molar-refractivity contribution in [2.75, 3.05) is 44.0 Å². The molecule has 0 aliphatic carbocycles. The summed E-state index contributed by atoms with van der Waals surface area (Å²) in [5.41, 5.74) is 5.94. The fourth-order valence-corrected chi connectivity index (χ4v) is 3.30. The fraction of sp³-hybridized carbons (Fsp3) is 0.417. The number of nitrogens with one attached hydrogen (secondary N) is 2. The van der Waals surface area contributed by atoms with E-state index >= 15 is 0 Å². The van der Waals surface area contributed by atoms with Gasteiger partial charge in [-0.1, -0.05) is 37.3 Å². The van der Waals surface area contributed by atoms with Crippen LogP contribution in [0.1, 0.15) is 29.2 Å². The standard InChI is InChI=1S/C24H33N3O3/c1-6-20-11-7-10-18(3)24(20)26-23(29)16-27(13-14-30-5)15-22(28)25-21-12-8-9-17(2)19(21)4/h7-12H,6,13-16H2,1-5H3,(H,25,28)(H,26,29). The number of nitrogens with zero attached hydrogens (tertiary/aromatic N) is 1. The number of methoxy groups -OCH3 is 1. The van der Waals surface area contributed by atoms with Gasteiger partial charge in [-0.05, 0) is 55.5 Å². The molecule has 0 atom stereocenters. The summed E-state index contributed by atoms with van der Waals surface area (Å²) in [6.07, 6.45) is 0.836. The highest BCUT2D eigenvalue weighted by Gasteiger charge is 2.17. The van der Waals surface area contributed by atoms with Crippen LogP contribution < -0.4 is 10.6 Å². The molecule has 0 saturated heterocycles. The molecule has 6 heteroatoms. The second-order valence-corrected chi connectivity index (χ2v) is 7.51. The molecule has 0 aromatic heterocycles. The zero-order valence-corrected chi connectivity index (χ0v) is 18.7. The number of anilines is 2. The topological polar surface area (TPSA) is 70.7 Å². The molecule has 2 aromatic carbocycles. The van der Waals surface area contributed by atoms with E-state index in [9.17, 15) is 9.59 Å². The summed E-state index contributed by atoms with van der Waals surface area (Å²) in [7, 11) is 1.61. The second kappa shape index (κ2) is 11.5. The second-order valence-electron chi connectivity index (χ2n) is 7.51. The van der Waals surface area contributed by atoms with E-state index in [2.05, 4.69) is 17.6 Å². The Morgan fingerprint density at radius 3 is 2.23 bits per heavy atom. The highest BCUT2D eigenvalue weighted by molar-refractivity contribution is 5.95. The number of benzene rings is 2. The molecule has 0 aliphatic rings. The van der Waals surface area contributed by atoms with Crippen LogP contribution in [0.25, 0.3) is 0 Å². The van der Waals surface area contributed by atoms with Gasteiger partial charge in [-0.25, -0.2) is 0 Å². The van der Waals surface area contributed by atoms with Crippen molar-refractivity contribution < 1.29 is 14.3 Å². The molecule has 0 radical (unpaired) electrons. The molecule has 0 aliphatic heterocycles. The largest absolute Gasteiger partial charge is 0.383 e. The van der Waals surface area contributed by atoms with Gasteiger partial charge in [-0.15, -0.1) is 0 Å². The minimum atomic E-state index is -0.155. The van der Waals surface area contributed by atoms with E-state index in [-0.39, 0.29) is 24.9 Å². The smallest absolute Gasteiger partial charge is 0.238 e. The molecule has 0 fully saturated rings. The normalized spacial score (nSPS) is 10.9. The van der Waals surface area contributed by atoms with E-state index in [4.69, 9.17) is 4.74 Å². The SMILES string of the molecule is CCc1cccc(C)c1NC(=O)CN(CCOC)CC(=O)Nc1cccc(C)c1C. The maximum Gasteiger partial charge on any atom is 0.238 e. The molecule has 6 nitrogen and oxygen atoms in total. The van der Waals surface area contributed by atoms with Crippen LogP contribution in [0.3, 0.4) is 0 Å². The lowest BCUT2D eigenvalue weighted by Gasteiger charge is -2.22. The van der Waals surface area contributed by atoms with Crippen LogP contribution in [0, 0.1) is 20.8 Å². The van der Waals surface area contributed by atoms with Crippen molar-refractivity contribution in [1.29, 1.82) is 0 Å². The molecule has 162 valence electrons. The number of carbonyl (C=O) groups excluding carboxylic acids is 2. The predicted octanol–water partition coefficient (Wildman–Crippen LogP) is 3.70. The Labute approximate surface area is 179 Å². The number of amides is 2. The van der Waals surface area contributed by atoms with E-state index in [1.807, 2.05) is 57.2 Å². The zero-order valence-electron chi connectivity index (χ0n) is 18.7. The summed E-state index contributed by atoms with van der Waals surface area (Å²) in [4.78, 5) is 27.1. The first-order chi connectivity index (χ1) is 14.3. The molecular formula is C24H33N3O3. The van der Waals surface area contributed by atoms with E-state index in [0.717, 1.165) is 40.0 Å². The quantitative estimate of drug-likeness (QED) is 0.625. The Morgan fingerprint density at radius 1 is 0.933 bits per heavy atom. The Balaban J connectivity index is 2.03. The molecule has 2 amide bonds. The zero-order chi connectivity index (χ0) is 22.1. The van der Waals surface area contributed by atoms with Crippen molar-refractivity contribution in [2.45, 2.75) is 34.1 Å². The minimum Gasteiger partial charge on any atom is -0.383 e. The molecule has 0 unspecified atom stereocenters. The summed E-state index contributed by atoms with van der Waals surface area (Å²) < 4.78 is 5.16.